The Morgan fingerprint density at radius 2 is 1.94 bits per heavy atom. The maximum Gasteiger partial charge on any atom is 0.326 e. The quantitative estimate of drug-likeness (QED) is 0.587. The van der Waals surface area contributed by atoms with E-state index in [4.69, 9.17) is 12.2 Å². The van der Waals surface area contributed by atoms with Crippen molar-refractivity contribution in [1.29, 1.82) is 0 Å². The van der Waals surface area contributed by atoms with E-state index >= 15 is 0 Å². The molecule has 1 aromatic heterocycles. The van der Waals surface area contributed by atoms with Gasteiger partial charge in [-0.3, -0.25) is 4.98 Å². The van der Waals surface area contributed by atoms with Gasteiger partial charge in [-0.15, -0.1) is 0 Å². The van der Waals surface area contributed by atoms with Crippen molar-refractivity contribution in [2.24, 2.45) is 0 Å². The summed E-state index contributed by atoms with van der Waals surface area (Å²) >= 11 is 4.87. The Kier molecular flexibility index (Phi) is 6.08. The molecule has 4 heteroatoms. The van der Waals surface area contributed by atoms with Crippen LogP contribution in [0.15, 0.2) is 17.1 Å². The van der Waals surface area contributed by atoms with E-state index in [1.165, 1.54) is 32.1 Å². The number of unbranched alkanes of at least 4 members (excludes halogenated alkanes) is 5. The van der Waals surface area contributed by atoms with E-state index in [-0.39, 0.29) is 5.69 Å². The first kappa shape index (κ1) is 13.2. The van der Waals surface area contributed by atoms with E-state index in [0.717, 1.165) is 13.0 Å². The Labute approximate surface area is 102 Å². The zero-order valence-electron chi connectivity index (χ0n) is 9.87. The molecule has 0 amide bonds. The Hall–Kier alpha value is -0.900. The highest BCUT2D eigenvalue weighted by Crippen LogP contribution is 2.05. The van der Waals surface area contributed by atoms with Crippen molar-refractivity contribution in [3.8, 4) is 0 Å². The predicted molar refractivity (Wildman–Crippen MR) is 69.3 cm³/mol. The molecule has 0 saturated heterocycles. The average molecular weight is 240 g/mol. The Morgan fingerprint density at radius 1 is 1.25 bits per heavy atom. The molecule has 0 saturated carbocycles. The highest BCUT2D eigenvalue weighted by Gasteiger charge is 1.95. The van der Waals surface area contributed by atoms with Gasteiger partial charge >= 0.3 is 5.69 Å². The molecular weight excluding hydrogens is 220 g/mol. The van der Waals surface area contributed by atoms with Gasteiger partial charge in [0, 0.05) is 12.7 Å². The topological polar surface area (TPSA) is 37.8 Å². The van der Waals surface area contributed by atoms with Crippen LogP contribution < -0.4 is 5.69 Å². The summed E-state index contributed by atoms with van der Waals surface area (Å²) in [7, 11) is 0. The molecule has 0 aliphatic carbocycles. The van der Waals surface area contributed by atoms with Crippen molar-refractivity contribution in [2.45, 2.75) is 52.0 Å². The molecule has 0 aliphatic rings. The number of hydrogen-bond donors (Lipinski definition) is 1. The van der Waals surface area contributed by atoms with Gasteiger partial charge in [0.05, 0.1) is 0 Å². The van der Waals surface area contributed by atoms with E-state index in [2.05, 4.69) is 11.9 Å². The summed E-state index contributed by atoms with van der Waals surface area (Å²) in [6, 6.07) is 1.76. The third-order valence-corrected chi connectivity index (χ3v) is 2.89. The van der Waals surface area contributed by atoms with Crippen molar-refractivity contribution < 1.29 is 0 Å². The third kappa shape index (κ3) is 4.75. The van der Waals surface area contributed by atoms with Gasteiger partial charge in [0.1, 0.15) is 4.64 Å². The van der Waals surface area contributed by atoms with Gasteiger partial charge in [0.2, 0.25) is 0 Å². The van der Waals surface area contributed by atoms with Gasteiger partial charge in [-0.05, 0) is 12.5 Å². The number of nitrogens with zero attached hydrogens (tertiary/aromatic N) is 1. The fraction of sp³-hybridized carbons (Fsp3) is 0.667. The molecule has 1 rings (SSSR count). The molecule has 0 radical (unpaired) electrons. The highest BCUT2D eigenvalue weighted by atomic mass is 32.1. The van der Waals surface area contributed by atoms with Crippen LogP contribution in [0.5, 0.6) is 0 Å². The maximum atomic E-state index is 11.4. The molecule has 3 nitrogen and oxygen atoms in total. The van der Waals surface area contributed by atoms with Crippen molar-refractivity contribution in [1.82, 2.24) is 9.55 Å². The lowest BCUT2D eigenvalue weighted by atomic mass is 10.1. The molecule has 0 atom stereocenters. The largest absolute Gasteiger partial charge is 0.326 e. The minimum Gasteiger partial charge on any atom is -0.301 e. The lowest BCUT2D eigenvalue weighted by Crippen LogP contribution is -2.22. The highest BCUT2D eigenvalue weighted by molar-refractivity contribution is 7.71. The minimum atomic E-state index is -0.0962. The van der Waals surface area contributed by atoms with E-state index in [0.29, 0.717) is 4.64 Å². The van der Waals surface area contributed by atoms with E-state index in [1.807, 2.05) is 0 Å². The molecule has 0 bridgehead atoms. The van der Waals surface area contributed by atoms with Crippen LogP contribution in [0.1, 0.15) is 45.4 Å². The summed E-state index contributed by atoms with van der Waals surface area (Å²) in [5.41, 5.74) is -0.0962. The average Bonchev–Trinajstić information content (AvgIpc) is 2.26. The lowest BCUT2D eigenvalue weighted by Gasteiger charge is -2.04. The number of rotatable bonds is 7. The Balaban J connectivity index is 2.27. The molecule has 1 N–H and O–H groups in total. The number of aromatic nitrogens is 2. The van der Waals surface area contributed by atoms with Gasteiger partial charge in [-0.1, -0.05) is 51.2 Å². The minimum absolute atomic E-state index is 0.0962. The van der Waals surface area contributed by atoms with Crippen LogP contribution in [-0.2, 0) is 6.54 Å². The van der Waals surface area contributed by atoms with Crippen molar-refractivity contribution in [3.05, 3.63) is 27.4 Å². The molecule has 1 heterocycles. The van der Waals surface area contributed by atoms with Crippen molar-refractivity contribution >= 4 is 12.2 Å². The second kappa shape index (κ2) is 7.39. The first-order valence-corrected chi connectivity index (χ1v) is 6.44. The standard InChI is InChI=1S/C12H20N2OS/c1-2-3-4-5-6-7-9-14-10-8-11(16)13-12(14)15/h8,10H,2-7,9H2,1H3,(H,13,15,16). The number of H-pyrrole nitrogens is 1. The summed E-state index contributed by atoms with van der Waals surface area (Å²) in [5.74, 6) is 0. The molecule has 0 fully saturated rings. The molecule has 16 heavy (non-hydrogen) atoms. The Bertz CT molecular complexity index is 408. The monoisotopic (exact) mass is 240 g/mol. The molecule has 1 aromatic rings. The van der Waals surface area contributed by atoms with E-state index < -0.39 is 0 Å². The summed E-state index contributed by atoms with van der Waals surface area (Å²) in [6.07, 6.45) is 9.20. The van der Waals surface area contributed by atoms with Gasteiger partial charge < -0.3 is 4.57 Å². The fourth-order valence-electron chi connectivity index (χ4n) is 1.68. The van der Waals surface area contributed by atoms with Gasteiger partial charge in [0.15, 0.2) is 0 Å². The molecule has 0 unspecified atom stereocenters. The van der Waals surface area contributed by atoms with Crippen LogP contribution in [0.3, 0.4) is 0 Å². The number of nitrogens with one attached hydrogen (secondary N) is 1. The number of hydrogen-bond acceptors (Lipinski definition) is 2. The van der Waals surface area contributed by atoms with Crippen LogP contribution in [0.25, 0.3) is 0 Å². The van der Waals surface area contributed by atoms with Crippen LogP contribution in [0, 0.1) is 4.64 Å². The van der Waals surface area contributed by atoms with Crippen LogP contribution in [0.2, 0.25) is 0 Å². The third-order valence-electron chi connectivity index (χ3n) is 2.65. The van der Waals surface area contributed by atoms with Gasteiger partial charge in [-0.2, -0.15) is 0 Å². The summed E-state index contributed by atoms with van der Waals surface area (Å²) in [6.45, 7) is 3.00. The molecule has 90 valence electrons. The van der Waals surface area contributed by atoms with Gasteiger partial charge in [-0.25, -0.2) is 4.79 Å². The van der Waals surface area contributed by atoms with Crippen LogP contribution >= 0.6 is 12.2 Å². The second-order valence-corrected chi connectivity index (χ2v) is 4.51. The zero-order valence-corrected chi connectivity index (χ0v) is 10.7. The van der Waals surface area contributed by atoms with Crippen molar-refractivity contribution in [3.63, 3.8) is 0 Å². The zero-order chi connectivity index (χ0) is 11.8. The SMILES string of the molecule is CCCCCCCCn1ccc(=S)[nH]c1=O. The molecular formula is C12H20N2OS. The smallest absolute Gasteiger partial charge is 0.301 e. The van der Waals surface area contributed by atoms with Gasteiger partial charge in [0.25, 0.3) is 0 Å². The normalized spacial score (nSPS) is 10.6. The fourth-order valence-corrected chi connectivity index (χ4v) is 1.83. The first-order valence-electron chi connectivity index (χ1n) is 6.04. The molecule has 0 spiro atoms. The molecule has 0 aliphatic heterocycles. The second-order valence-electron chi connectivity index (χ2n) is 4.07. The van der Waals surface area contributed by atoms with E-state index in [1.54, 1.807) is 16.8 Å². The Morgan fingerprint density at radius 3 is 2.62 bits per heavy atom. The predicted octanol–water partition coefficient (Wildman–Crippen LogP) is 3.27. The summed E-state index contributed by atoms with van der Waals surface area (Å²) in [4.78, 5) is 14.1. The van der Waals surface area contributed by atoms with Crippen molar-refractivity contribution in [2.75, 3.05) is 0 Å². The summed E-state index contributed by atoms with van der Waals surface area (Å²) in [5, 5.41) is 0. The number of aryl methyl sites for hydroxylation is 1. The first-order chi connectivity index (χ1) is 7.74. The van der Waals surface area contributed by atoms with Crippen LogP contribution in [0.4, 0.5) is 0 Å². The molecule has 0 aromatic carbocycles. The number of aromatic amines is 1. The maximum absolute atomic E-state index is 11.4. The summed E-state index contributed by atoms with van der Waals surface area (Å²) < 4.78 is 2.19. The lowest BCUT2D eigenvalue weighted by molar-refractivity contribution is 0.543. The van der Waals surface area contributed by atoms with E-state index in [9.17, 15) is 4.79 Å². The van der Waals surface area contributed by atoms with Crippen LogP contribution in [-0.4, -0.2) is 9.55 Å².